The first-order valence-electron chi connectivity index (χ1n) is 8.01. The molecule has 0 atom stereocenters. The first-order chi connectivity index (χ1) is 13.6. The summed E-state index contributed by atoms with van der Waals surface area (Å²) in [5.74, 6) is -0.673. The van der Waals surface area contributed by atoms with Crippen LogP contribution in [0.5, 0.6) is 0 Å². The summed E-state index contributed by atoms with van der Waals surface area (Å²) in [5.41, 5.74) is 0.755. The molecule has 0 bridgehead atoms. The predicted octanol–water partition coefficient (Wildman–Crippen LogP) is 3.30. The van der Waals surface area contributed by atoms with E-state index in [1.807, 2.05) is 30.3 Å². The molecular weight excluding hydrogens is 429 g/mol. The van der Waals surface area contributed by atoms with Crippen LogP contribution in [0.3, 0.4) is 0 Å². The van der Waals surface area contributed by atoms with Crippen molar-refractivity contribution < 1.29 is 26.4 Å². The van der Waals surface area contributed by atoms with Gasteiger partial charge in [0.1, 0.15) is 11.6 Å². The van der Waals surface area contributed by atoms with Crippen molar-refractivity contribution >= 4 is 32.4 Å². The molecular formula is C17H13F3N4O3S2. The highest BCUT2D eigenvalue weighted by molar-refractivity contribution is 7.89. The molecule has 0 spiro atoms. The predicted molar refractivity (Wildman–Crippen MR) is 101 cm³/mol. The van der Waals surface area contributed by atoms with Gasteiger partial charge < -0.3 is 0 Å². The van der Waals surface area contributed by atoms with Crippen molar-refractivity contribution in [3.05, 3.63) is 60.2 Å². The van der Waals surface area contributed by atoms with E-state index in [4.69, 9.17) is 0 Å². The Morgan fingerprint density at radius 3 is 2.45 bits per heavy atom. The lowest BCUT2D eigenvalue weighted by Crippen LogP contribution is -2.33. The SMILES string of the molecule is O=C(Nc1nnc(-c2ccccc2)s1)c1cccc(S(=O)(=O)NCC(F)(F)F)c1. The Morgan fingerprint density at radius 1 is 1.03 bits per heavy atom. The summed E-state index contributed by atoms with van der Waals surface area (Å²) in [6.07, 6.45) is -4.70. The maximum absolute atomic E-state index is 12.4. The van der Waals surface area contributed by atoms with E-state index >= 15 is 0 Å². The van der Waals surface area contributed by atoms with Gasteiger partial charge in [0.15, 0.2) is 0 Å². The molecule has 0 unspecified atom stereocenters. The highest BCUT2D eigenvalue weighted by atomic mass is 32.2. The first kappa shape index (κ1) is 20.9. The van der Waals surface area contributed by atoms with Gasteiger partial charge in [-0.25, -0.2) is 13.1 Å². The first-order valence-corrected chi connectivity index (χ1v) is 10.3. The Hall–Kier alpha value is -2.83. The minimum atomic E-state index is -4.70. The van der Waals surface area contributed by atoms with Crippen LogP contribution < -0.4 is 10.0 Å². The zero-order valence-electron chi connectivity index (χ0n) is 14.5. The van der Waals surface area contributed by atoms with Crippen LogP contribution in [0.15, 0.2) is 59.5 Å². The molecule has 0 saturated heterocycles. The van der Waals surface area contributed by atoms with Crippen molar-refractivity contribution in [2.45, 2.75) is 11.1 Å². The number of nitrogens with one attached hydrogen (secondary N) is 2. The molecule has 1 amide bonds. The number of anilines is 1. The number of carbonyl (C=O) groups excluding carboxylic acids is 1. The van der Waals surface area contributed by atoms with Gasteiger partial charge in [-0.15, -0.1) is 10.2 Å². The van der Waals surface area contributed by atoms with Crippen LogP contribution in [0.25, 0.3) is 10.6 Å². The van der Waals surface area contributed by atoms with E-state index < -0.39 is 33.5 Å². The molecule has 3 rings (SSSR count). The summed E-state index contributed by atoms with van der Waals surface area (Å²) in [4.78, 5) is 11.9. The maximum atomic E-state index is 12.4. The Bertz CT molecular complexity index is 1120. The maximum Gasteiger partial charge on any atom is 0.402 e. The Morgan fingerprint density at radius 2 is 1.76 bits per heavy atom. The molecule has 152 valence electrons. The zero-order chi connectivity index (χ0) is 21.1. The number of hydrogen-bond acceptors (Lipinski definition) is 6. The number of carbonyl (C=O) groups is 1. The van der Waals surface area contributed by atoms with Gasteiger partial charge in [-0.1, -0.05) is 47.7 Å². The standard InChI is InChI=1S/C17H13F3N4O3S2/c18-17(19,20)10-21-29(26,27)13-8-4-7-12(9-13)14(25)22-16-24-23-15(28-16)11-5-2-1-3-6-11/h1-9,21H,10H2,(H,22,24,25). The number of nitrogens with zero attached hydrogens (tertiary/aromatic N) is 2. The smallest absolute Gasteiger partial charge is 0.296 e. The van der Waals surface area contributed by atoms with Crippen molar-refractivity contribution in [1.82, 2.24) is 14.9 Å². The molecule has 12 heteroatoms. The van der Waals surface area contributed by atoms with Crippen molar-refractivity contribution in [1.29, 1.82) is 0 Å². The molecule has 7 nitrogen and oxygen atoms in total. The summed E-state index contributed by atoms with van der Waals surface area (Å²) < 4.78 is 62.3. The number of alkyl halides is 3. The zero-order valence-corrected chi connectivity index (χ0v) is 16.1. The highest BCUT2D eigenvalue weighted by Gasteiger charge is 2.30. The van der Waals surface area contributed by atoms with Gasteiger partial charge in [-0.3, -0.25) is 10.1 Å². The summed E-state index contributed by atoms with van der Waals surface area (Å²) >= 11 is 1.12. The summed E-state index contributed by atoms with van der Waals surface area (Å²) in [7, 11) is -4.43. The highest BCUT2D eigenvalue weighted by Crippen LogP contribution is 2.26. The fourth-order valence-corrected chi connectivity index (χ4v) is 4.01. The largest absolute Gasteiger partial charge is 0.402 e. The molecule has 0 fully saturated rings. The Labute approximate surface area is 167 Å². The molecule has 0 aliphatic heterocycles. The topological polar surface area (TPSA) is 101 Å². The van der Waals surface area contributed by atoms with Crippen LogP contribution in [0.1, 0.15) is 10.4 Å². The van der Waals surface area contributed by atoms with Gasteiger partial charge in [-0.05, 0) is 18.2 Å². The van der Waals surface area contributed by atoms with E-state index in [0.717, 1.165) is 29.0 Å². The minimum Gasteiger partial charge on any atom is -0.296 e. The van der Waals surface area contributed by atoms with Crippen molar-refractivity contribution in [2.24, 2.45) is 0 Å². The van der Waals surface area contributed by atoms with E-state index in [0.29, 0.717) is 5.01 Å². The van der Waals surface area contributed by atoms with Gasteiger partial charge >= 0.3 is 6.18 Å². The average Bonchev–Trinajstić information content (AvgIpc) is 3.15. The van der Waals surface area contributed by atoms with E-state index in [-0.39, 0.29) is 10.7 Å². The molecule has 0 radical (unpaired) electrons. The number of rotatable bonds is 6. The molecule has 2 aromatic carbocycles. The average molecular weight is 442 g/mol. The molecule has 0 aliphatic rings. The lowest BCUT2D eigenvalue weighted by Gasteiger charge is -2.10. The summed E-state index contributed by atoms with van der Waals surface area (Å²) in [5, 5.41) is 11.1. The monoisotopic (exact) mass is 442 g/mol. The van der Waals surface area contributed by atoms with Crippen molar-refractivity contribution in [2.75, 3.05) is 11.9 Å². The Kier molecular flexibility index (Phi) is 5.96. The molecule has 29 heavy (non-hydrogen) atoms. The van der Waals surface area contributed by atoms with E-state index in [1.54, 1.807) is 0 Å². The number of halogens is 3. The fraction of sp³-hybridized carbons (Fsp3) is 0.118. The van der Waals surface area contributed by atoms with Crippen LogP contribution in [0.4, 0.5) is 18.3 Å². The lowest BCUT2D eigenvalue weighted by atomic mass is 10.2. The quantitative estimate of drug-likeness (QED) is 0.610. The molecule has 3 aromatic rings. The normalized spacial score (nSPS) is 12.0. The van der Waals surface area contributed by atoms with Gasteiger partial charge in [0.05, 0.1) is 4.90 Å². The van der Waals surface area contributed by atoms with Gasteiger partial charge in [0, 0.05) is 11.1 Å². The summed E-state index contributed by atoms with van der Waals surface area (Å²) in [6.45, 7) is -1.71. The van der Waals surface area contributed by atoms with Crippen LogP contribution in [-0.2, 0) is 10.0 Å². The third kappa shape index (κ3) is 5.59. The Balaban J connectivity index is 1.74. The van der Waals surface area contributed by atoms with Gasteiger partial charge in [0.2, 0.25) is 15.2 Å². The second-order valence-electron chi connectivity index (χ2n) is 5.70. The third-order valence-corrected chi connectivity index (χ3v) is 5.82. The van der Waals surface area contributed by atoms with Gasteiger partial charge in [-0.2, -0.15) is 13.2 Å². The van der Waals surface area contributed by atoms with Crippen LogP contribution in [0, 0.1) is 0 Å². The number of aromatic nitrogens is 2. The summed E-state index contributed by atoms with van der Waals surface area (Å²) in [6, 6.07) is 13.8. The van der Waals surface area contributed by atoms with Crippen LogP contribution in [-0.4, -0.2) is 37.2 Å². The number of amides is 1. The van der Waals surface area contributed by atoms with E-state index in [2.05, 4.69) is 15.5 Å². The van der Waals surface area contributed by atoms with Crippen LogP contribution in [0.2, 0.25) is 0 Å². The number of sulfonamides is 1. The molecule has 0 aliphatic carbocycles. The lowest BCUT2D eigenvalue weighted by molar-refractivity contribution is -0.121. The van der Waals surface area contributed by atoms with E-state index in [1.165, 1.54) is 16.9 Å². The molecule has 0 saturated carbocycles. The van der Waals surface area contributed by atoms with Crippen LogP contribution >= 0.6 is 11.3 Å². The van der Waals surface area contributed by atoms with Crippen molar-refractivity contribution in [3.63, 3.8) is 0 Å². The van der Waals surface area contributed by atoms with E-state index in [9.17, 15) is 26.4 Å². The van der Waals surface area contributed by atoms with Crippen molar-refractivity contribution in [3.8, 4) is 10.6 Å². The molecule has 1 aromatic heterocycles. The number of benzene rings is 2. The second kappa shape index (κ2) is 8.27. The van der Waals surface area contributed by atoms with Gasteiger partial charge in [0.25, 0.3) is 5.91 Å². The third-order valence-electron chi connectivity index (χ3n) is 3.54. The number of hydrogen-bond donors (Lipinski definition) is 2. The second-order valence-corrected chi connectivity index (χ2v) is 8.44. The molecule has 1 heterocycles. The minimum absolute atomic E-state index is 0.0589. The fourth-order valence-electron chi connectivity index (χ4n) is 2.21. The molecule has 2 N–H and O–H groups in total.